The number of para-hydroxylation sites is 1. The number of carbonyl (C=O) groups excluding carboxylic acids is 1. The van der Waals surface area contributed by atoms with Crippen LogP contribution in [0.2, 0.25) is 0 Å². The maximum Gasteiger partial charge on any atom is 0.261 e. The number of rotatable bonds is 9. The summed E-state index contributed by atoms with van der Waals surface area (Å²) in [5.74, 6) is 0.888. The molecule has 1 aromatic heterocycles. The lowest BCUT2D eigenvalue weighted by Crippen LogP contribution is -2.26. The van der Waals surface area contributed by atoms with E-state index in [1.54, 1.807) is 17.0 Å². The molecule has 8 heteroatoms. The summed E-state index contributed by atoms with van der Waals surface area (Å²) in [5.41, 5.74) is 2.92. The topological polar surface area (TPSA) is 98.4 Å². The van der Waals surface area contributed by atoms with Crippen LogP contribution >= 0.6 is 0 Å². The Balaban J connectivity index is 1.67. The SMILES string of the molecule is CCOCCCNC(=O)C(C#N)=Cc1cn(-c2ccccc2)nc1-c1ccc2c(c1)OCCO2. The number of carbonyl (C=O) groups is 1. The Hall–Kier alpha value is -4.09. The molecule has 34 heavy (non-hydrogen) atoms. The van der Waals surface area contributed by atoms with Crippen LogP contribution in [0.1, 0.15) is 18.9 Å². The zero-order valence-corrected chi connectivity index (χ0v) is 19.0. The van der Waals surface area contributed by atoms with Crippen LogP contribution in [0.4, 0.5) is 0 Å². The van der Waals surface area contributed by atoms with Crippen molar-refractivity contribution in [3.63, 3.8) is 0 Å². The fourth-order valence-electron chi connectivity index (χ4n) is 3.54. The molecule has 1 aliphatic heterocycles. The van der Waals surface area contributed by atoms with Crippen LogP contribution in [0.15, 0.2) is 60.3 Å². The number of amides is 1. The lowest BCUT2D eigenvalue weighted by molar-refractivity contribution is -0.117. The van der Waals surface area contributed by atoms with Crippen molar-refractivity contribution >= 4 is 12.0 Å². The number of hydrogen-bond donors (Lipinski definition) is 1. The van der Waals surface area contributed by atoms with Crippen LogP contribution in [-0.2, 0) is 9.53 Å². The van der Waals surface area contributed by atoms with Gasteiger partial charge in [0.2, 0.25) is 0 Å². The van der Waals surface area contributed by atoms with Crippen LogP contribution in [0.3, 0.4) is 0 Å². The predicted molar refractivity (Wildman–Crippen MR) is 128 cm³/mol. The molecular weight excluding hydrogens is 432 g/mol. The summed E-state index contributed by atoms with van der Waals surface area (Å²) in [6.45, 7) is 4.52. The largest absolute Gasteiger partial charge is 0.486 e. The van der Waals surface area contributed by atoms with E-state index in [1.165, 1.54) is 0 Å². The van der Waals surface area contributed by atoms with Crippen molar-refractivity contribution in [3.8, 4) is 34.5 Å². The van der Waals surface area contributed by atoms with E-state index in [-0.39, 0.29) is 5.57 Å². The quantitative estimate of drug-likeness (QED) is 0.298. The fourth-order valence-corrected chi connectivity index (χ4v) is 3.54. The average Bonchev–Trinajstić information content (AvgIpc) is 3.31. The second kappa shape index (κ2) is 11.2. The van der Waals surface area contributed by atoms with Crippen molar-refractivity contribution in [1.82, 2.24) is 15.1 Å². The highest BCUT2D eigenvalue weighted by molar-refractivity contribution is 6.02. The third kappa shape index (κ3) is 5.45. The van der Waals surface area contributed by atoms with Gasteiger partial charge in [-0.3, -0.25) is 4.79 Å². The molecule has 2 aromatic carbocycles. The lowest BCUT2D eigenvalue weighted by atomic mass is 10.0. The fraction of sp³-hybridized carbons (Fsp3) is 0.269. The molecule has 0 radical (unpaired) electrons. The summed E-state index contributed by atoms with van der Waals surface area (Å²) >= 11 is 0. The molecule has 0 atom stereocenters. The summed E-state index contributed by atoms with van der Waals surface area (Å²) in [6, 6.07) is 17.3. The minimum absolute atomic E-state index is 0.00261. The first-order valence-corrected chi connectivity index (χ1v) is 11.2. The van der Waals surface area contributed by atoms with Gasteiger partial charge in [-0.05, 0) is 49.8 Å². The first-order valence-electron chi connectivity index (χ1n) is 11.2. The van der Waals surface area contributed by atoms with E-state index in [0.29, 0.717) is 62.1 Å². The predicted octanol–water partition coefficient (Wildman–Crippen LogP) is 3.76. The monoisotopic (exact) mass is 458 g/mol. The van der Waals surface area contributed by atoms with Gasteiger partial charge in [-0.25, -0.2) is 4.68 Å². The highest BCUT2D eigenvalue weighted by Gasteiger charge is 2.18. The normalized spacial score (nSPS) is 12.8. The second-order valence-electron chi connectivity index (χ2n) is 7.55. The van der Waals surface area contributed by atoms with Crippen molar-refractivity contribution < 1.29 is 19.0 Å². The number of fused-ring (bicyclic) bond motifs is 1. The molecule has 4 rings (SSSR count). The minimum Gasteiger partial charge on any atom is -0.486 e. The smallest absolute Gasteiger partial charge is 0.261 e. The van der Waals surface area contributed by atoms with Gasteiger partial charge in [0, 0.05) is 37.1 Å². The van der Waals surface area contributed by atoms with Gasteiger partial charge in [-0.1, -0.05) is 18.2 Å². The van der Waals surface area contributed by atoms with Gasteiger partial charge in [-0.2, -0.15) is 10.4 Å². The molecule has 0 unspecified atom stereocenters. The summed E-state index contributed by atoms with van der Waals surface area (Å²) in [7, 11) is 0. The average molecular weight is 459 g/mol. The number of aromatic nitrogens is 2. The number of nitrogens with one attached hydrogen (secondary N) is 1. The molecule has 1 amide bonds. The van der Waals surface area contributed by atoms with Gasteiger partial charge in [0.25, 0.3) is 5.91 Å². The Morgan fingerprint density at radius 1 is 1.21 bits per heavy atom. The third-order valence-electron chi connectivity index (χ3n) is 5.20. The zero-order chi connectivity index (χ0) is 23.8. The molecule has 1 aliphatic rings. The maximum atomic E-state index is 12.6. The molecule has 0 saturated carbocycles. The van der Waals surface area contributed by atoms with Gasteiger partial charge in [0.15, 0.2) is 11.5 Å². The van der Waals surface area contributed by atoms with Crippen molar-refractivity contribution in [2.75, 3.05) is 33.0 Å². The van der Waals surface area contributed by atoms with Crippen molar-refractivity contribution in [1.29, 1.82) is 5.26 Å². The number of benzene rings is 2. The molecule has 0 saturated heterocycles. The van der Waals surface area contributed by atoms with E-state index < -0.39 is 5.91 Å². The van der Waals surface area contributed by atoms with Crippen molar-refractivity contribution in [3.05, 3.63) is 65.9 Å². The van der Waals surface area contributed by atoms with E-state index in [9.17, 15) is 10.1 Å². The summed E-state index contributed by atoms with van der Waals surface area (Å²) in [4.78, 5) is 12.6. The Labute approximate surface area is 198 Å². The number of ether oxygens (including phenoxy) is 3. The molecule has 8 nitrogen and oxygen atoms in total. The molecule has 3 aromatic rings. The second-order valence-corrected chi connectivity index (χ2v) is 7.55. The Morgan fingerprint density at radius 3 is 2.76 bits per heavy atom. The highest BCUT2D eigenvalue weighted by Crippen LogP contribution is 2.35. The van der Waals surface area contributed by atoms with Gasteiger partial charge in [0.1, 0.15) is 30.6 Å². The minimum atomic E-state index is -0.431. The first-order chi connectivity index (χ1) is 16.7. The van der Waals surface area contributed by atoms with Crippen LogP contribution in [-0.4, -0.2) is 48.7 Å². The molecule has 174 valence electrons. The number of nitriles is 1. The van der Waals surface area contributed by atoms with Crippen LogP contribution in [0.5, 0.6) is 11.5 Å². The van der Waals surface area contributed by atoms with E-state index in [2.05, 4.69) is 5.32 Å². The summed E-state index contributed by atoms with van der Waals surface area (Å²) in [5, 5.41) is 17.2. The van der Waals surface area contributed by atoms with Crippen LogP contribution in [0, 0.1) is 11.3 Å². The van der Waals surface area contributed by atoms with E-state index >= 15 is 0 Å². The summed E-state index contributed by atoms with van der Waals surface area (Å²) in [6.07, 6.45) is 4.05. The summed E-state index contributed by atoms with van der Waals surface area (Å²) < 4.78 is 18.4. The van der Waals surface area contributed by atoms with Crippen molar-refractivity contribution in [2.24, 2.45) is 0 Å². The van der Waals surface area contributed by atoms with E-state index in [4.69, 9.17) is 19.3 Å². The lowest BCUT2D eigenvalue weighted by Gasteiger charge is -2.18. The van der Waals surface area contributed by atoms with Crippen LogP contribution in [0.25, 0.3) is 23.0 Å². The van der Waals surface area contributed by atoms with E-state index in [1.807, 2.05) is 61.5 Å². The maximum absolute atomic E-state index is 12.6. The van der Waals surface area contributed by atoms with Gasteiger partial charge in [0.05, 0.1) is 5.69 Å². The number of nitrogens with zero attached hydrogens (tertiary/aromatic N) is 3. The highest BCUT2D eigenvalue weighted by atomic mass is 16.6. The Morgan fingerprint density at radius 2 is 2.00 bits per heavy atom. The molecule has 2 heterocycles. The Bertz CT molecular complexity index is 1210. The Kier molecular flexibility index (Phi) is 7.58. The molecule has 0 aliphatic carbocycles. The molecule has 0 bridgehead atoms. The molecule has 0 fully saturated rings. The zero-order valence-electron chi connectivity index (χ0n) is 19.0. The molecular formula is C26H26N4O4. The first kappa shape index (κ1) is 23.1. The van der Waals surface area contributed by atoms with Crippen molar-refractivity contribution in [2.45, 2.75) is 13.3 Å². The van der Waals surface area contributed by atoms with Gasteiger partial charge in [-0.15, -0.1) is 0 Å². The van der Waals surface area contributed by atoms with E-state index in [0.717, 1.165) is 11.3 Å². The van der Waals surface area contributed by atoms with Gasteiger partial charge < -0.3 is 19.5 Å². The standard InChI is InChI=1S/C26H26N4O4/c1-2-32-12-6-11-28-26(31)20(17-27)15-21-18-30(22-7-4-3-5-8-22)29-25(21)19-9-10-23-24(16-19)34-14-13-33-23/h3-5,7-10,15-16,18H,2,6,11-14H2,1H3,(H,28,31). The molecule has 0 spiro atoms. The van der Waals surface area contributed by atoms with Gasteiger partial charge >= 0.3 is 0 Å². The molecule has 1 N–H and O–H groups in total. The van der Waals surface area contributed by atoms with Crippen LogP contribution < -0.4 is 14.8 Å². The third-order valence-corrected chi connectivity index (χ3v) is 5.20. The number of hydrogen-bond acceptors (Lipinski definition) is 6.